The van der Waals surface area contributed by atoms with Crippen LogP contribution in [-0.2, 0) is 11.3 Å². The highest BCUT2D eigenvalue weighted by Crippen LogP contribution is 2.10. The molecule has 1 aromatic carbocycles. The maximum absolute atomic E-state index is 9.94. The molecule has 1 aliphatic rings. The first-order valence-electron chi connectivity index (χ1n) is 8.04. The Bertz CT molecular complexity index is 439. The number of hydrogen-bond donors (Lipinski definition) is 1. The van der Waals surface area contributed by atoms with E-state index in [9.17, 15) is 5.11 Å². The summed E-state index contributed by atoms with van der Waals surface area (Å²) in [6.45, 7) is 12.4. The van der Waals surface area contributed by atoms with Gasteiger partial charge in [-0.25, -0.2) is 0 Å². The molecule has 1 heterocycles. The normalized spacial score (nSPS) is 18.3. The van der Waals surface area contributed by atoms with E-state index in [0.717, 1.165) is 32.7 Å². The van der Waals surface area contributed by atoms with Crippen molar-refractivity contribution in [2.75, 3.05) is 45.9 Å². The summed E-state index contributed by atoms with van der Waals surface area (Å²) in [4.78, 5) is 4.79. The minimum atomic E-state index is -0.413. The molecule has 1 aliphatic heterocycles. The van der Waals surface area contributed by atoms with Crippen molar-refractivity contribution in [3.05, 3.63) is 48.0 Å². The molecular formula is C18H28N2O2. The third-order valence-electron chi connectivity index (χ3n) is 4.01. The number of β-amino-alcohol motifs (C(OH)–C–C–N with tert-alkyl or cyclic N) is 1. The zero-order chi connectivity index (χ0) is 15.8. The molecule has 122 valence electrons. The van der Waals surface area contributed by atoms with Gasteiger partial charge in [0, 0.05) is 39.3 Å². The first-order valence-corrected chi connectivity index (χ1v) is 8.04. The summed E-state index contributed by atoms with van der Waals surface area (Å²) in [5, 5.41) is 9.94. The molecule has 1 aromatic rings. The van der Waals surface area contributed by atoms with Gasteiger partial charge in [0.25, 0.3) is 0 Å². The SMILES string of the molecule is C=CCOCC(O)CN1CCN(Cc2ccc(C)cc2)CC1. The first-order chi connectivity index (χ1) is 10.7. The number of aliphatic hydroxyl groups is 1. The van der Waals surface area contributed by atoms with Gasteiger partial charge in [-0.3, -0.25) is 9.80 Å². The molecule has 1 N–H and O–H groups in total. The molecule has 1 atom stereocenters. The van der Waals surface area contributed by atoms with Crippen LogP contribution in [-0.4, -0.2) is 66.9 Å². The summed E-state index contributed by atoms with van der Waals surface area (Å²) in [5.74, 6) is 0. The minimum Gasteiger partial charge on any atom is -0.389 e. The molecule has 1 saturated heterocycles. The second kappa shape index (κ2) is 9.06. The fourth-order valence-corrected chi connectivity index (χ4v) is 2.72. The van der Waals surface area contributed by atoms with Crippen molar-refractivity contribution in [2.45, 2.75) is 19.6 Å². The Kier molecular flexibility index (Phi) is 7.06. The lowest BCUT2D eigenvalue weighted by Gasteiger charge is -2.35. The smallest absolute Gasteiger partial charge is 0.0900 e. The van der Waals surface area contributed by atoms with Crippen molar-refractivity contribution < 1.29 is 9.84 Å². The summed E-state index contributed by atoms with van der Waals surface area (Å²) in [6.07, 6.45) is 1.29. The number of aryl methyl sites for hydroxylation is 1. The standard InChI is InChI=1S/C18H28N2O2/c1-3-12-22-15-18(21)14-20-10-8-19(9-11-20)13-17-6-4-16(2)5-7-17/h3-7,18,21H,1,8-15H2,2H3. The van der Waals surface area contributed by atoms with Crippen molar-refractivity contribution in [1.82, 2.24) is 9.80 Å². The van der Waals surface area contributed by atoms with E-state index < -0.39 is 6.10 Å². The average molecular weight is 304 g/mol. The molecule has 0 aromatic heterocycles. The number of rotatable bonds is 8. The average Bonchev–Trinajstić information content (AvgIpc) is 2.52. The molecule has 1 fully saturated rings. The Morgan fingerprint density at radius 2 is 1.82 bits per heavy atom. The number of piperazine rings is 1. The van der Waals surface area contributed by atoms with E-state index in [1.165, 1.54) is 11.1 Å². The number of nitrogens with zero attached hydrogens (tertiary/aromatic N) is 2. The van der Waals surface area contributed by atoms with Gasteiger partial charge in [-0.05, 0) is 12.5 Å². The second-order valence-electron chi connectivity index (χ2n) is 6.04. The molecule has 0 amide bonds. The van der Waals surface area contributed by atoms with Crippen LogP contribution in [0.3, 0.4) is 0 Å². The highest BCUT2D eigenvalue weighted by atomic mass is 16.5. The number of hydrogen-bond acceptors (Lipinski definition) is 4. The first kappa shape index (κ1) is 17.2. The summed E-state index contributed by atoms with van der Waals surface area (Å²) >= 11 is 0. The van der Waals surface area contributed by atoms with E-state index in [1.807, 2.05) is 0 Å². The van der Waals surface area contributed by atoms with Crippen molar-refractivity contribution >= 4 is 0 Å². The molecule has 0 spiro atoms. The Labute approximate surface area is 134 Å². The molecule has 4 heteroatoms. The van der Waals surface area contributed by atoms with Crippen molar-refractivity contribution in [1.29, 1.82) is 0 Å². The van der Waals surface area contributed by atoms with Crippen LogP contribution in [0.4, 0.5) is 0 Å². The summed E-state index contributed by atoms with van der Waals surface area (Å²) in [5.41, 5.74) is 2.68. The van der Waals surface area contributed by atoms with Gasteiger partial charge in [0.1, 0.15) is 0 Å². The van der Waals surface area contributed by atoms with E-state index in [2.05, 4.69) is 47.6 Å². The van der Waals surface area contributed by atoms with E-state index in [0.29, 0.717) is 19.8 Å². The Balaban J connectivity index is 1.67. The van der Waals surface area contributed by atoms with Crippen LogP contribution in [0, 0.1) is 6.92 Å². The maximum Gasteiger partial charge on any atom is 0.0900 e. The summed E-state index contributed by atoms with van der Waals surface area (Å²) < 4.78 is 5.29. The van der Waals surface area contributed by atoms with Crippen LogP contribution in [0.2, 0.25) is 0 Å². The molecule has 0 aliphatic carbocycles. The van der Waals surface area contributed by atoms with Gasteiger partial charge >= 0.3 is 0 Å². The van der Waals surface area contributed by atoms with Gasteiger partial charge in [0.05, 0.1) is 19.3 Å². The third-order valence-corrected chi connectivity index (χ3v) is 4.01. The Hall–Kier alpha value is -1.20. The van der Waals surface area contributed by atoms with Crippen molar-refractivity contribution in [2.24, 2.45) is 0 Å². The van der Waals surface area contributed by atoms with Gasteiger partial charge in [0.2, 0.25) is 0 Å². The van der Waals surface area contributed by atoms with Gasteiger partial charge in [-0.1, -0.05) is 35.9 Å². The van der Waals surface area contributed by atoms with E-state index in [4.69, 9.17) is 4.74 Å². The Morgan fingerprint density at radius 3 is 2.45 bits per heavy atom. The van der Waals surface area contributed by atoms with Gasteiger partial charge in [-0.15, -0.1) is 6.58 Å². The number of ether oxygens (including phenoxy) is 1. The predicted octanol–water partition coefficient (Wildman–Crippen LogP) is 1.68. The topological polar surface area (TPSA) is 35.9 Å². The predicted molar refractivity (Wildman–Crippen MR) is 89.9 cm³/mol. The number of aliphatic hydroxyl groups excluding tert-OH is 1. The van der Waals surface area contributed by atoms with Crippen LogP contribution >= 0.6 is 0 Å². The lowest BCUT2D eigenvalue weighted by Crippen LogP contribution is -2.48. The molecule has 0 radical (unpaired) electrons. The van der Waals surface area contributed by atoms with E-state index in [-0.39, 0.29) is 0 Å². The van der Waals surface area contributed by atoms with Crippen molar-refractivity contribution in [3.8, 4) is 0 Å². The molecule has 4 nitrogen and oxygen atoms in total. The molecule has 22 heavy (non-hydrogen) atoms. The molecule has 0 bridgehead atoms. The summed E-state index contributed by atoms with van der Waals surface area (Å²) in [6, 6.07) is 8.77. The van der Waals surface area contributed by atoms with Crippen LogP contribution in [0.1, 0.15) is 11.1 Å². The summed E-state index contributed by atoms with van der Waals surface area (Å²) in [7, 11) is 0. The zero-order valence-electron chi connectivity index (χ0n) is 13.6. The highest BCUT2D eigenvalue weighted by Gasteiger charge is 2.19. The lowest BCUT2D eigenvalue weighted by atomic mass is 10.1. The fraction of sp³-hybridized carbons (Fsp3) is 0.556. The van der Waals surface area contributed by atoms with Crippen LogP contribution < -0.4 is 0 Å². The fourth-order valence-electron chi connectivity index (χ4n) is 2.72. The minimum absolute atomic E-state index is 0.385. The maximum atomic E-state index is 9.94. The second-order valence-corrected chi connectivity index (χ2v) is 6.04. The molecule has 1 unspecified atom stereocenters. The Morgan fingerprint density at radius 1 is 1.18 bits per heavy atom. The monoisotopic (exact) mass is 304 g/mol. The quantitative estimate of drug-likeness (QED) is 0.585. The van der Waals surface area contributed by atoms with Gasteiger partial charge < -0.3 is 9.84 Å². The lowest BCUT2D eigenvalue weighted by molar-refractivity contribution is 0.0142. The van der Waals surface area contributed by atoms with Gasteiger partial charge in [0.15, 0.2) is 0 Å². The van der Waals surface area contributed by atoms with Crippen LogP contribution in [0.25, 0.3) is 0 Å². The van der Waals surface area contributed by atoms with Crippen molar-refractivity contribution in [3.63, 3.8) is 0 Å². The molecular weight excluding hydrogens is 276 g/mol. The van der Waals surface area contributed by atoms with E-state index >= 15 is 0 Å². The van der Waals surface area contributed by atoms with E-state index in [1.54, 1.807) is 6.08 Å². The highest BCUT2D eigenvalue weighted by molar-refractivity contribution is 5.21. The van der Waals surface area contributed by atoms with Crippen LogP contribution in [0.15, 0.2) is 36.9 Å². The largest absolute Gasteiger partial charge is 0.389 e. The van der Waals surface area contributed by atoms with Crippen LogP contribution in [0.5, 0.6) is 0 Å². The van der Waals surface area contributed by atoms with Gasteiger partial charge in [-0.2, -0.15) is 0 Å². The zero-order valence-corrected chi connectivity index (χ0v) is 13.6. The third kappa shape index (κ3) is 5.89. The molecule has 2 rings (SSSR count). The molecule has 0 saturated carbocycles. The number of benzene rings is 1.